The Hall–Kier alpha value is 0.210. The standard InChI is InChI=1S/C10H21NO.ClH/c1-10(2,3)9-4-8(7-12)5-11-6-9;/h8-9,11-12H,4-7H2,1-3H3;1H. The average molecular weight is 208 g/mol. The van der Waals surface area contributed by atoms with Crippen molar-refractivity contribution in [3.05, 3.63) is 0 Å². The molecule has 0 saturated carbocycles. The van der Waals surface area contributed by atoms with Gasteiger partial charge >= 0.3 is 0 Å². The summed E-state index contributed by atoms with van der Waals surface area (Å²) in [6, 6.07) is 0. The molecule has 1 aliphatic heterocycles. The lowest BCUT2D eigenvalue weighted by Crippen LogP contribution is -2.42. The number of nitrogens with one attached hydrogen (secondary N) is 1. The quantitative estimate of drug-likeness (QED) is 0.686. The van der Waals surface area contributed by atoms with E-state index in [-0.39, 0.29) is 12.4 Å². The minimum absolute atomic E-state index is 0. The first-order valence-electron chi connectivity index (χ1n) is 4.85. The van der Waals surface area contributed by atoms with E-state index in [4.69, 9.17) is 5.11 Å². The number of rotatable bonds is 1. The minimum Gasteiger partial charge on any atom is -0.396 e. The summed E-state index contributed by atoms with van der Waals surface area (Å²) in [6.45, 7) is 9.26. The fraction of sp³-hybridized carbons (Fsp3) is 1.00. The summed E-state index contributed by atoms with van der Waals surface area (Å²) in [4.78, 5) is 0. The largest absolute Gasteiger partial charge is 0.396 e. The summed E-state index contributed by atoms with van der Waals surface area (Å²) in [7, 11) is 0. The Balaban J connectivity index is 0.00000144. The van der Waals surface area contributed by atoms with E-state index in [1.54, 1.807) is 0 Å². The highest BCUT2D eigenvalue weighted by atomic mass is 35.5. The van der Waals surface area contributed by atoms with Gasteiger partial charge in [-0.2, -0.15) is 0 Å². The van der Waals surface area contributed by atoms with Crippen LogP contribution in [0.1, 0.15) is 27.2 Å². The Kier molecular flexibility index (Phi) is 5.26. The molecule has 80 valence electrons. The van der Waals surface area contributed by atoms with Crippen molar-refractivity contribution in [2.24, 2.45) is 17.3 Å². The molecule has 2 atom stereocenters. The second-order valence-electron chi connectivity index (χ2n) is 5.01. The van der Waals surface area contributed by atoms with E-state index in [0.29, 0.717) is 23.9 Å². The second-order valence-corrected chi connectivity index (χ2v) is 5.01. The minimum atomic E-state index is 0. The first-order chi connectivity index (χ1) is 5.54. The maximum Gasteiger partial charge on any atom is 0.0471 e. The molecule has 0 aromatic heterocycles. The summed E-state index contributed by atoms with van der Waals surface area (Å²) < 4.78 is 0. The molecule has 0 bridgehead atoms. The maximum absolute atomic E-state index is 9.03. The van der Waals surface area contributed by atoms with Crippen molar-refractivity contribution < 1.29 is 5.11 Å². The van der Waals surface area contributed by atoms with Crippen LogP contribution < -0.4 is 5.32 Å². The van der Waals surface area contributed by atoms with Gasteiger partial charge in [0.05, 0.1) is 0 Å². The molecule has 2 nitrogen and oxygen atoms in total. The number of aliphatic hydroxyl groups is 1. The first-order valence-corrected chi connectivity index (χ1v) is 4.85. The molecule has 1 aliphatic rings. The predicted molar refractivity (Wildman–Crippen MR) is 58.3 cm³/mol. The molecular formula is C10H22ClNO. The molecule has 13 heavy (non-hydrogen) atoms. The van der Waals surface area contributed by atoms with Crippen molar-refractivity contribution in [1.82, 2.24) is 5.32 Å². The molecule has 3 heteroatoms. The van der Waals surface area contributed by atoms with Crippen LogP contribution in [0.2, 0.25) is 0 Å². The summed E-state index contributed by atoms with van der Waals surface area (Å²) in [6.07, 6.45) is 1.17. The maximum atomic E-state index is 9.03. The molecule has 0 aromatic carbocycles. The van der Waals surface area contributed by atoms with Crippen molar-refractivity contribution in [3.8, 4) is 0 Å². The van der Waals surface area contributed by atoms with E-state index in [9.17, 15) is 0 Å². The molecule has 0 aliphatic carbocycles. The van der Waals surface area contributed by atoms with Gasteiger partial charge in [0, 0.05) is 13.2 Å². The van der Waals surface area contributed by atoms with Crippen LogP contribution in [0.5, 0.6) is 0 Å². The summed E-state index contributed by atoms with van der Waals surface area (Å²) in [5.41, 5.74) is 0.376. The predicted octanol–water partition coefficient (Wildman–Crippen LogP) is 1.67. The van der Waals surface area contributed by atoms with Crippen LogP contribution in [-0.2, 0) is 0 Å². The normalized spacial score (nSPS) is 29.5. The zero-order valence-electron chi connectivity index (χ0n) is 8.84. The van der Waals surface area contributed by atoms with Crippen LogP contribution >= 0.6 is 12.4 Å². The van der Waals surface area contributed by atoms with Crippen LogP contribution in [0.3, 0.4) is 0 Å². The Morgan fingerprint density at radius 3 is 2.38 bits per heavy atom. The zero-order chi connectivity index (χ0) is 9.19. The van der Waals surface area contributed by atoms with Gasteiger partial charge in [0.2, 0.25) is 0 Å². The van der Waals surface area contributed by atoms with Crippen molar-refractivity contribution in [1.29, 1.82) is 0 Å². The molecule has 1 heterocycles. The fourth-order valence-electron chi connectivity index (χ4n) is 1.83. The lowest BCUT2D eigenvalue weighted by atomic mass is 9.74. The molecule has 2 N–H and O–H groups in total. The monoisotopic (exact) mass is 207 g/mol. The van der Waals surface area contributed by atoms with Gasteiger partial charge in [0.25, 0.3) is 0 Å². The van der Waals surface area contributed by atoms with Crippen molar-refractivity contribution in [2.45, 2.75) is 27.2 Å². The Morgan fingerprint density at radius 1 is 1.31 bits per heavy atom. The molecule has 1 fully saturated rings. The van der Waals surface area contributed by atoms with E-state index in [1.807, 2.05) is 0 Å². The lowest BCUT2D eigenvalue weighted by Gasteiger charge is -2.37. The van der Waals surface area contributed by atoms with Crippen LogP contribution in [0.15, 0.2) is 0 Å². The third-order valence-corrected chi connectivity index (χ3v) is 2.92. The van der Waals surface area contributed by atoms with Crippen molar-refractivity contribution in [3.63, 3.8) is 0 Å². The highest BCUT2D eigenvalue weighted by molar-refractivity contribution is 5.85. The van der Waals surface area contributed by atoms with Crippen LogP contribution in [0, 0.1) is 17.3 Å². The number of aliphatic hydroxyl groups excluding tert-OH is 1. The summed E-state index contributed by atoms with van der Waals surface area (Å²) in [5, 5.41) is 12.4. The highest BCUT2D eigenvalue weighted by Crippen LogP contribution is 2.32. The molecule has 0 spiro atoms. The average Bonchev–Trinajstić information content (AvgIpc) is 2.03. The number of piperidine rings is 1. The fourth-order valence-corrected chi connectivity index (χ4v) is 1.83. The molecule has 0 radical (unpaired) electrons. The smallest absolute Gasteiger partial charge is 0.0471 e. The molecule has 1 saturated heterocycles. The Bertz CT molecular complexity index is 144. The van der Waals surface area contributed by atoms with Gasteiger partial charge in [-0.3, -0.25) is 0 Å². The summed E-state index contributed by atoms with van der Waals surface area (Å²) >= 11 is 0. The van der Waals surface area contributed by atoms with Crippen LogP contribution in [0.25, 0.3) is 0 Å². The summed E-state index contributed by atoms with van der Waals surface area (Å²) in [5.74, 6) is 1.19. The van der Waals surface area contributed by atoms with Gasteiger partial charge in [-0.05, 0) is 30.2 Å². The SMILES string of the molecule is CC(C)(C)C1CNCC(CO)C1.Cl. The van der Waals surface area contributed by atoms with E-state index >= 15 is 0 Å². The van der Waals surface area contributed by atoms with E-state index in [2.05, 4.69) is 26.1 Å². The second kappa shape index (κ2) is 5.18. The highest BCUT2D eigenvalue weighted by Gasteiger charge is 2.29. The van der Waals surface area contributed by atoms with Gasteiger partial charge in [-0.1, -0.05) is 20.8 Å². The number of hydrogen-bond donors (Lipinski definition) is 2. The molecular weight excluding hydrogens is 186 g/mol. The molecule has 0 aromatic rings. The van der Waals surface area contributed by atoms with Crippen molar-refractivity contribution in [2.75, 3.05) is 19.7 Å². The third kappa shape index (κ3) is 3.84. The molecule has 2 unspecified atom stereocenters. The number of hydrogen-bond acceptors (Lipinski definition) is 2. The van der Waals surface area contributed by atoms with E-state index < -0.39 is 0 Å². The lowest BCUT2D eigenvalue weighted by molar-refractivity contribution is 0.116. The first kappa shape index (κ1) is 13.2. The van der Waals surface area contributed by atoms with Gasteiger partial charge < -0.3 is 10.4 Å². The van der Waals surface area contributed by atoms with Crippen LogP contribution in [-0.4, -0.2) is 24.8 Å². The van der Waals surface area contributed by atoms with Gasteiger partial charge in [-0.25, -0.2) is 0 Å². The molecule has 1 rings (SSSR count). The molecule has 0 amide bonds. The van der Waals surface area contributed by atoms with Gasteiger partial charge in [0.15, 0.2) is 0 Å². The van der Waals surface area contributed by atoms with E-state index in [1.165, 1.54) is 6.42 Å². The Labute approximate surface area is 87.5 Å². The van der Waals surface area contributed by atoms with Crippen molar-refractivity contribution >= 4 is 12.4 Å². The zero-order valence-corrected chi connectivity index (χ0v) is 9.66. The topological polar surface area (TPSA) is 32.3 Å². The van der Waals surface area contributed by atoms with Crippen LogP contribution in [0.4, 0.5) is 0 Å². The van der Waals surface area contributed by atoms with Gasteiger partial charge in [0.1, 0.15) is 0 Å². The Morgan fingerprint density at radius 2 is 1.92 bits per heavy atom. The van der Waals surface area contributed by atoms with Gasteiger partial charge in [-0.15, -0.1) is 12.4 Å². The van der Waals surface area contributed by atoms with E-state index in [0.717, 1.165) is 13.1 Å². The number of halogens is 1. The third-order valence-electron chi connectivity index (χ3n) is 2.92.